The van der Waals surface area contributed by atoms with Crippen molar-refractivity contribution in [1.29, 1.82) is 0 Å². The zero-order valence-corrected chi connectivity index (χ0v) is 10.4. The first-order chi connectivity index (χ1) is 7.92. The van der Waals surface area contributed by atoms with E-state index in [0.717, 1.165) is 13.0 Å². The zero-order chi connectivity index (χ0) is 13.3. The molecule has 17 heavy (non-hydrogen) atoms. The van der Waals surface area contributed by atoms with E-state index in [-0.39, 0.29) is 12.9 Å². The van der Waals surface area contributed by atoms with E-state index in [4.69, 9.17) is 20.9 Å². The van der Waals surface area contributed by atoms with Crippen LogP contribution in [0.2, 0.25) is 6.32 Å². The van der Waals surface area contributed by atoms with Gasteiger partial charge in [0, 0.05) is 6.54 Å². The molecule has 100 valence electrons. The predicted molar refractivity (Wildman–Crippen MR) is 66.6 cm³/mol. The zero-order valence-electron chi connectivity index (χ0n) is 10.4. The van der Waals surface area contributed by atoms with E-state index in [1.54, 1.807) is 0 Å². The maximum absolute atomic E-state index is 11.1. The molecule has 0 bridgehead atoms. The quantitative estimate of drug-likeness (QED) is 0.260. The summed E-state index contributed by atoms with van der Waals surface area (Å²) in [6.07, 6.45) is 2.61. The van der Waals surface area contributed by atoms with Crippen LogP contribution in [-0.4, -0.2) is 46.9 Å². The number of aliphatic carboxylic acids is 1. The van der Waals surface area contributed by atoms with E-state index in [1.807, 2.05) is 6.92 Å². The predicted octanol–water partition coefficient (Wildman–Crippen LogP) is -0.589. The third-order valence-electron chi connectivity index (χ3n) is 2.63. The molecule has 0 rings (SSSR count). The number of nitrogens with one attached hydrogen (secondary N) is 1. The summed E-state index contributed by atoms with van der Waals surface area (Å²) in [5.41, 5.74) is 4.54. The van der Waals surface area contributed by atoms with Gasteiger partial charge in [-0.3, -0.25) is 4.79 Å². The molecular weight excluding hydrogens is 223 g/mol. The first-order valence-electron chi connectivity index (χ1n) is 6.01. The fraction of sp³-hybridized carbons (Fsp3) is 0.900. The Kier molecular flexibility index (Phi) is 8.15. The average Bonchev–Trinajstić information content (AvgIpc) is 2.24. The Morgan fingerprint density at radius 3 is 2.53 bits per heavy atom. The van der Waals surface area contributed by atoms with Crippen molar-refractivity contribution in [1.82, 2.24) is 5.32 Å². The molecule has 0 amide bonds. The van der Waals surface area contributed by atoms with E-state index >= 15 is 0 Å². The molecule has 0 aliphatic rings. The van der Waals surface area contributed by atoms with Crippen molar-refractivity contribution in [3.63, 3.8) is 0 Å². The molecule has 1 unspecified atom stereocenters. The van der Waals surface area contributed by atoms with Crippen molar-refractivity contribution in [2.45, 2.75) is 44.5 Å². The van der Waals surface area contributed by atoms with Gasteiger partial charge in [0.25, 0.3) is 0 Å². The second-order valence-corrected chi connectivity index (χ2v) is 4.36. The summed E-state index contributed by atoms with van der Waals surface area (Å²) in [4.78, 5) is 11.1. The lowest BCUT2D eigenvalue weighted by atomic mass is 9.82. The average molecular weight is 246 g/mol. The fourth-order valence-electron chi connectivity index (χ4n) is 1.53. The maximum atomic E-state index is 11.1. The number of carboxylic acids is 1. The molecular formula is C10H23BN2O4. The van der Waals surface area contributed by atoms with Crippen molar-refractivity contribution in [2.24, 2.45) is 5.73 Å². The van der Waals surface area contributed by atoms with Crippen LogP contribution in [0.1, 0.15) is 32.6 Å². The lowest BCUT2D eigenvalue weighted by Gasteiger charge is -2.25. The molecule has 0 aliphatic heterocycles. The highest BCUT2D eigenvalue weighted by atomic mass is 16.4. The first-order valence-corrected chi connectivity index (χ1v) is 6.01. The molecule has 0 heterocycles. The number of unbranched alkanes of at least 4 members (excludes halogenated alkanes) is 1. The summed E-state index contributed by atoms with van der Waals surface area (Å²) in [6, 6.07) is 0. The smallest absolute Gasteiger partial charge is 0.451 e. The third kappa shape index (κ3) is 7.33. The molecule has 0 saturated carbocycles. The Hall–Kier alpha value is -0.625. The summed E-state index contributed by atoms with van der Waals surface area (Å²) in [7, 11) is -1.33. The maximum Gasteiger partial charge on any atom is 0.451 e. The Labute approximate surface area is 102 Å². The number of carbonyl (C=O) groups is 1. The normalized spacial score (nSPS) is 14.4. The SMILES string of the molecule is CCCNCC(N)(CCCCB(O)O)C(=O)O. The molecule has 6 nitrogen and oxygen atoms in total. The van der Waals surface area contributed by atoms with E-state index in [9.17, 15) is 4.79 Å². The number of carboxylic acid groups (broad SMARTS) is 1. The van der Waals surface area contributed by atoms with Crippen molar-refractivity contribution < 1.29 is 19.9 Å². The van der Waals surface area contributed by atoms with Gasteiger partial charge in [0.2, 0.25) is 0 Å². The van der Waals surface area contributed by atoms with Gasteiger partial charge in [-0.25, -0.2) is 0 Å². The van der Waals surface area contributed by atoms with Crippen LogP contribution in [0.4, 0.5) is 0 Å². The van der Waals surface area contributed by atoms with Crippen LogP contribution in [0, 0.1) is 0 Å². The van der Waals surface area contributed by atoms with Crippen LogP contribution < -0.4 is 11.1 Å². The van der Waals surface area contributed by atoms with Crippen molar-refractivity contribution >= 4 is 13.1 Å². The van der Waals surface area contributed by atoms with Crippen LogP contribution in [-0.2, 0) is 4.79 Å². The third-order valence-corrected chi connectivity index (χ3v) is 2.63. The van der Waals surface area contributed by atoms with Gasteiger partial charge in [0.15, 0.2) is 0 Å². The Morgan fingerprint density at radius 2 is 2.06 bits per heavy atom. The molecule has 0 radical (unpaired) electrons. The summed E-state index contributed by atoms with van der Waals surface area (Å²) >= 11 is 0. The van der Waals surface area contributed by atoms with Gasteiger partial charge in [-0.15, -0.1) is 0 Å². The molecule has 0 saturated heterocycles. The summed E-state index contributed by atoms with van der Waals surface area (Å²) < 4.78 is 0. The second-order valence-electron chi connectivity index (χ2n) is 4.36. The Balaban J connectivity index is 3.99. The Morgan fingerprint density at radius 1 is 1.41 bits per heavy atom. The molecule has 1 atom stereocenters. The summed E-state index contributed by atoms with van der Waals surface area (Å²) in [5, 5.41) is 29.4. The monoisotopic (exact) mass is 246 g/mol. The minimum atomic E-state index is -1.33. The fourth-order valence-corrected chi connectivity index (χ4v) is 1.53. The van der Waals surface area contributed by atoms with E-state index < -0.39 is 18.6 Å². The van der Waals surface area contributed by atoms with Crippen LogP contribution in [0.3, 0.4) is 0 Å². The first kappa shape index (κ1) is 16.4. The number of hydrogen-bond acceptors (Lipinski definition) is 5. The number of rotatable bonds is 10. The number of hydrogen-bond donors (Lipinski definition) is 5. The topological polar surface area (TPSA) is 116 Å². The minimum absolute atomic E-state index is 0.234. The number of nitrogens with two attached hydrogens (primary N) is 1. The van der Waals surface area contributed by atoms with Gasteiger partial charge < -0.3 is 26.2 Å². The van der Waals surface area contributed by atoms with Crippen molar-refractivity contribution in [2.75, 3.05) is 13.1 Å². The van der Waals surface area contributed by atoms with Gasteiger partial charge in [0.05, 0.1) is 0 Å². The highest BCUT2D eigenvalue weighted by Gasteiger charge is 2.32. The van der Waals surface area contributed by atoms with Crippen molar-refractivity contribution in [3.05, 3.63) is 0 Å². The highest BCUT2D eigenvalue weighted by molar-refractivity contribution is 6.40. The van der Waals surface area contributed by atoms with Gasteiger partial charge in [-0.1, -0.05) is 19.8 Å². The lowest BCUT2D eigenvalue weighted by molar-refractivity contribution is -0.143. The largest absolute Gasteiger partial charge is 0.480 e. The van der Waals surface area contributed by atoms with E-state index in [2.05, 4.69) is 5.32 Å². The molecule has 0 aromatic heterocycles. The minimum Gasteiger partial charge on any atom is -0.480 e. The van der Waals surface area contributed by atoms with E-state index in [0.29, 0.717) is 19.3 Å². The summed E-state index contributed by atoms with van der Waals surface area (Å²) in [6.45, 7) is 2.97. The van der Waals surface area contributed by atoms with Crippen LogP contribution in [0.5, 0.6) is 0 Å². The molecule has 7 heteroatoms. The van der Waals surface area contributed by atoms with Crippen LogP contribution >= 0.6 is 0 Å². The standard InChI is InChI=1S/C10H23BN2O4/c1-2-7-13-8-10(12,9(14)15)5-3-4-6-11(16)17/h13,16-17H,2-8,12H2,1H3,(H,14,15). The van der Waals surface area contributed by atoms with Crippen LogP contribution in [0.15, 0.2) is 0 Å². The molecule has 0 spiro atoms. The van der Waals surface area contributed by atoms with Gasteiger partial charge in [0.1, 0.15) is 5.54 Å². The Bertz CT molecular complexity index is 228. The van der Waals surface area contributed by atoms with Gasteiger partial charge >= 0.3 is 13.1 Å². The molecule has 0 aromatic rings. The molecule has 0 aromatic carbocycles. The van der Waals surface area contributed by atoms with Crippen LogP contribution in [0.25, 0.3) is 0 Å². The second kappa shape index (κ2) is 8.46. The molecule has 0 fully saturated rings. The lowest BCUT2D eigenvalue weighted by Crippen LogP contribution is -2.55. The molecule has 0 aliphatic carbocycles. The molecule has 6 N–H and O–H groups in total. The van der Waals surface area contributed by atoms with E-state index in [1.165, 1.54) is 0 Å². The van der Waals surface area contributed by atoms with Gasteiger partial charge in [-0.2, -0.15) is 0 Å². The highest BCUT2D eigenvalue weighted by Crippen LogP contribution is 2.13. The van der Waals surface area contributed by atoms with Gasteiger partial charge in [-0.05, 0) is 25.7 Å². The van der Waals surface area contributed by atoms with Crippen molar-refractivity contribution in [3.8, 4) is 0 Å². The summed E-state index contributed by atoms with van der Waals surface area (Å²) in [5.74, 6) is -1.02.